The van der Waals surface area contributed by atoms with Gasteiger partial charge in [-0.1, -0.05) is 71.4 Å². The molecule has 0 aliphatic heterocycles. The molecule has 0 saturated carbocycles. The summed E-state index contributed by atoms with van der Waals surface area (Å²) in [5, 5.41) is 0. The summed E-state index contributed by atoms with van der Waals surface area (Å²) < 4.78 is 0.0166. The van der Waals surface area contributed by atoms with Crippen LogP contribution in [-0.2, 0) is 5.41 Å². The second-order valence-corrected chi connectivity index (χ2v) is 7.67. The van der Waals surface area contributed by atoms with Crippen LogP contribution in [0.25, 0.3) is 11.1 Å². The van der Waals surface area contributed by atoms with Crippen molar-refractivity contribution < 1.29 is 0 Å². The van der Waals surface area contributed by atoms with Crippen LogP contribution in [0.2, 0.25) is 0 Å². The highest BCUT2D eigenvalue weighted by molar-refractivity contribution is 9.10. The monoisotopic (exact) mass is 300 g/mol. The molecule has 0 amide bonds. The quantitative estimate of drug-likeness (QED) is 0.639. The molecule has 2 aromatic carbocycles. The molecule has 0 atom stereocenters. The molecule has 0 fully saturated rings. The lowest BCUT2D eigenvalue weighted by Crippen LogP contribution is -2.39. The first kappa shape index (κ1) is 12.0. The Morgan fingerprint density at radius 3 is 1.61 bits per heavy atom. The van der Waals surface area contributed by atoms with Crippen LogP contribution in [-0.4, -0.2) is 4.32 Å². The lowest BCUT2D eigenvalue weighted by molar-refractivity contribution is 0.467. The fraction of sp³-hybridized carbons (Fsp3) is 0.294. The molecule has 1 heteroatoms. The number of alkyl halides is 1. The van der Waals surface area contributed by atoms with Crippen molar-refractivity contribution in [3.8, 4) is 11.1 Å². The van der Waals surface area contributed by atoms with Crippen LogP contribution in [0, 0.1) is 0 Å². The van der Waals surface area contributed by atoms with Crippen molar-refractivity contribution >= 4 is 15.9 Å². The van der Waals surface area contributed by atoms with E-state index >= 15 is 0 Å². The second kappa shape index (κ2) is 3.71. The van der Waals surface area contributed by atoms with Crippen LogP contribution in [0.5, 0.6) is 0 Å². The van der Waals surface area contributed by atoms with Gasteiger partial charge in [0.2, 0.25) is 0 Å². The minimum Gasteiger partial charge on any atom is -0.0846 e. The van der Waals surface area contributed by atoms with E-state index in [1.165, 1.54) is 22.3 Å². The minimum atomic E-state index is 0.0141. The molecule has 18 heavy (non-hydrogen) atoms. The van der Waals surface area contributed by atoms with Gasteiger partial charge in [-0.3, -0.25) is 0 Å². The Kier molecular flexibility index (Phi) is 2.47. The normalized spacial score (nSPS) is 16.2. The third-order valence-electron chi connectivity index (χ3n) is 4.41. The van der Waals surface area contributed by atoms with Gasteiger partial charge in [-0.05, 0) is 36.1 Å². The summed E-state index contributed by atoms with van der Waals surface area (Å²) in [5.41, 5.74) is 5.62. The van der Waals surface area contributed by atoms with E-state index < -0.39 is 0 Å². The van der Waals surface area contributed by atoms with Gasteiger partial charge < -0.3 is 0 Å². The smallest absolute Gasteiger partial charge is 0.0336 e. The molecule has 0 unspecified atom stereocenters. The van der Waals surface area contributed by atoms with E-state index in [1.807, 2.05) is 0 Å². The van der Waals surface area contributed by atoms with E-state index in [1.54, 1.807) is 0 Å². The molecule has 0 aromatic heterocycles. The van der Waals surface area contributed by atoms with Crippen LogP contribution < -0.4 is 0 Å². The predicted octanol–water partition coefficient (Wildman–Crippen LogP) is 5.15. The third kappa shape index (κ3) is 1.37. The summed E-state index contributed by atoms with van der Waals surface area (Å²) in [6, 6.07) is 17.5. The van der Waals surface area contributed by atoms with Gasteiger partial charge in [-0.15, -0.1) is 0 Å². The lowest BCUT2D eigenvalue weighted by Gasteiger charge is -2.39. The van der Waals surface area contributed by atoms with E-state index in [-0.39, 0.29) is 9.74 Å². The van der Waals surface area contributed by atoms with Gasteiger partial charge in [0.1, 0.15) is 0 Å². The molecule has 0 nitrogen and oxygen atoms in total. The zero-order valence-corrected chi connectivity index (χ0v) is 12.6. The standard InChI is InChI=1S/C17H17Br/c1-16(2,18)17(3)14-10-6-4-8-12(14)13-9-5-7-11-15(13)17/h4-11H,1-3H3. The SMILES string of the molecule is CC(C)(Br)C1(C)c2ccccc2-c2ccccc21. The molecule has 1 aliphatic rings. The maximum atomic E-state index is 3.90. The summed E-state index contributed by atoms with van der Waals surface area (Å²) in [6.07, 6.45) is 0. The molecule has 0 spiro atoms. The van der Waals surface area contributed by atoms with Gasteiger partial charge in [-0.2, -0.15) is 0 Å². The molecule has 3 rings (SSSR count). The molecule has 0 N–H and O–H groups in total. The van der Waals surface area contributed by atoms with Crippen molar-refractivity contribution in [2.24, 2.45) is 0 Å². The Hall–Kier alpha value is -1.08. The van der Waals surface area contributed by atoms with E-state index in [0.717, 1.165) is 0 Å². The summed E-state index contributed by atoms with van der Waals surface area (Å²) in [6.45, 7) is 6.85. The first-order valence-corrected chi connectivity index (χ1v) is 7.14. The number of halogens is 1. The molecule has 0 radical (unpaired) electrons. The fourth-order valence-corrected chi connectivity index (χ4v) is 3.52. The van der Waals surface area contributed by atoms with Crippen LogP contribution in [0.15, 0.2) is 48.5 Å². The molecule has 0 bridgehead atoms. The van der Waals surface area contributed by atoms with Gasteiger partial charge in [0.25, 0.3) is 0 Å². The number of hydrogen-bond donors (Lipinski definition) is 0. The highest BCUT2D eigenvalue weighted by Gasteiger charge is 2.48. The Bertz CT molecular complexity index is 560. The summed E-state index contributed by atoms with van der Waals surface area (Å²) in [4.78, 5) is 0. The van der Waals surface area contributed by atoms with Crippen molar-refractivity contribution in [2.45, 2.75) is 30.5 Å². The Morgan fingerprint density at radius 1 is 0.833 bits per heavy atom. The van der Waals surface area contributed by atoms with Gasteiger partial charge in [0.05, 0.1) is 0 Å². The molecule has 0 saturated heterocycles. The van der Waals surface area contributed by atoms with Crippen LogP contribution in [0.3, 0.4) is 0 Å². The highest BCUT2D eigenvalue weighted by atomic mass is 79.9. The van der Waals surface area contributed by atoms with Crippen molar-refractivity contribution in [2.75, 3.05) is 0 Å². The summed E-state index contributed by atoms with van der Waals surface area (Å²) in [5.74, 6) is 0. The van der Waals surface area contributed by atoms with Crippen molar-refractivity contribution in [3.63, 3.8) is 0 Å². The molecule has 1 aliphatic carbocycles. The van der Waals surface area contributed by atoms with Gasteiger partial charge in [0.15, 0.2) is 0 Å². The van der Waals surface area contributed by atoms with E-state index in [4.69, 9.17) is 0 Å². The van der Waals surface area contributed by atoms with Crippen LogP contribution in [0.4, 0.5) is 0 Å². The predicted molar refractivity (Wildman–Crippen MR) is 81.3 cm³/mol. The summed E-state index contributed by atoms with van der Waals surface area (Å²) >= 11 is 3.90. The third-order valence-corrected chi connectivity index (χ3v) is 5.20. The maximum Gasteiger partial charge on any atom is 0.0336 e. The topological polar surface area (TPSA) is 0 Å². The zero-order valence-electron chi connectivity index (χ0n) is 11.0. The zero-order chi connectivity index (χ0) is 13.0. The first-order valence-electron chi connectivity index (χ1n) is 6.34. The fourth-order valence-electron chi connectivity index (χ4n) is 3.09. The van der Waals surface area contributed by atoms with E-state index in [9.17, 15) is 0 Å². The number of fused-ring (bicyclic) bond motifs is 3. The number of hydrogen-bond acceptors (Lipinski definition) is 0. The van der Waals surface area contributed by atoms with Crippen molar-refractivity contribution in [1.82, 2.24) is 0 Å². The molecular weight excluding hydrogens is 284 g/mol. The highest BCUT2D eigenvalue weighted by Crippen LogP contribution is 2.56. The van der Waals surface area contributed by atoms with Gasteiger partial charge in [-0.25, -0.2) is 0 Å². The minimum absolute atomic E-state index is 0.0141. The molecule has 92 valence electrons. The van der Waals surface area contributed by atoms with Crippen molar-refractivity contribution in [1.29, 1.82) is 0 Å². The van der Waals surface area contributed by atoms with Crippen molar-refractivity contribution in [3.05, 3.63) is 59.7 Å². The largest absolute Gasteiger partial charge is 0.0846 e. The number of rotatable bonds is 1. The Balaban J connectivity index is 2.41. The molecule has 2 aromatic rings. The van der Waals surface area contributed by atoms with E-state index in [2.05, 4.69) is 85.2 Å². The average molecular weight is 301 g/mol. The molecule has 0 heterocycles. The lowest BCUT2D eigenvalue weighted by atomic mass is 9.71. The van der Waals surface area contributed by atoms with Crippen LogP contribution >= 0.6 is 15.9 Å². The maximum absolute atomic E-state index is 3.90. The number of benzene rings is 2. The van der Waals surface area contributed by atoms with Crippen LogP contribution in [0.1, 0.15) is 31.9 Å². The molecular formula is C17H17Br. The first-order chi connectivity index (χ1) is 8.46. The van der Waals surface area contributed by atoms with Gasteiger partial charge in [0, 0.05) is 9.74 Å². The van der Waals surface area contributed by atoms with Gasteiger partial charge >= 0.3 is 0 Å². The average Bonchev–Trinajstić information content (AvgIpc) is 2.62. The summed E-state index contributed by atoms with van der Waals surface area (Å²) in [7, 11) is 0. The Labute approximate surface area is 117 Å². The van der Waals surface area contributed by atoms with E-state index in [0.29, 0.717) is 0 Å². The Morgan fingerprint density at radius 2 is 1.22 bits per heavy atom. The second-order valence-electron chi connectivity index (χ2n) is 5.69.